The smallest absolute Gasteiger partial charge is 0.241 e. The Kier molecular flexibility index (Phi) is 4.83. The third-order valence-corrected chi connectivity index (χ3v) is 5.44. The van der Waals surface area contributed by atoms with E-state index in [1.807, 2.05) is 12.1 Å². The predicted molar refractivity (Wildman–Crippen MR) is 107 cm³/mol. The first-order chi connectivity index (χ1) is 13.5. The second-order valence-electron chi connectivity index (χ2n) is 7.89. The van der Waals surface area contributed by atoms with E-state index in [1.54, 1.807) is 30.5 Å². The third-order valence-electron chi connectivity index (χ3n) is 5.44. The number of methoxy groups -OCH3 is 1. The quantitative estimate of drug-likeness (QED) is 0.779. The van der Waals surface area contributed by atoms with Crippen LogP contribution in [0.25, 0.3) is 0 Å². The molecule has 0 bridgehead atoms. The predicted octanol–water partition coefficient (Wildman–Crippen LogP) is 3.03. The molecule has 1 aliphatic carbocycles. The topological polar surface area (TPSA) is 76.5 Å². The summed E-state index contributed by atoms with van der Waals surface area (Å²) in [7, 11) is 1.58. The largest absolute Gasteiger partial charge is 0.497 e. The van der Waals surface area contributed by atoms with Crippen molar-refractivity contribution in [2.45, 2.75) is 39.2 Å². The van der Waals surface area contributed by atoms with Crippen molar-refractivity contribution in [3.8, 4) is 5.75 Å². The molecule has 0 spiro atoms. The van der Waals surface area contributed by atoms with Gasteiger partial charge in [0.1, 0.15) is 11.7 Å². The van der Waals surface area contributed by atoms with Crippen LogP contribution in [0.2, 0.25) is 0 Å². The minimum Gasteiger partial charge on any atom is -0.497 e. The number of nitrogens with one attached hydrogen (secondary N) is 1. The Hall–Kier alpha value is -2.83. The summed E-state index contributed by atoms with van der Waals surface area (Å²) in [5, 5.41) is 2.88. The number of benzene rings is 1. The van der Waals surface area contributed by atoms with Gasteiger partial charge in [0.25, 0.3) is 0 Å². The van der Waals surface area contributed by atoms with Crippen LogP contribution in [0.1, 0.15) is 38.4 Å². The zero-order valence-corrected chi connectivity index (χ0v) is 16.5. The Morgan fingerprint density at radius 3 is 2.82 bits per heavy atom. The number of fused-ring (bicyclic) bond motifs is 1. The normalized spacial score (nSPS) is 18.9. The van der Waals surface area contributed by atoms with Gasteiger partial charge in [0.2, 0.25) is 11.8 Å². The van der Waals surface area contributed by atoms with Crippen LogP contribution in [0, 0.1) is 11.8 Å². The van der Waals surface area contributed by atoms with E-state index in [0.29, 0.717) is 30.3 Å². The molecule has 1 aromatic heterocycles. The van der Waals surface area contributed by atoms with Crippen LogP contribution < -0.4 is 15.0 Å². The Morgan fingerprint density at radius 1 is 1.36 bits per heavy atom. The van der Waals surface area contributed by atoms with Crippen molar-refractivity contribution in [1.29, 1.82) is 0 Å². The summed E-state index contributed by atoms with van der Waals surface area (Å²) in [4.78, 5) is 32.4. The van der Waals surface area contributed by atoms with Crippen LogP contribution in [0.3, 0.4) is 0 Å². The van der Waals surface area contributed by atoms with Gasteiger partial charge >= 0.3 is 0 Å². The van der Waals surface area contributed by atoms with Crippen molar-refractivity contribution in [2.75, 3.05) is 23.9 Å². The minimum atomic E-state index is -0.758. The summed E-state index contributed by atoms with van der Waals surface area (Å²) in [6.45, 7) is 4.80. The number of rotatable bonds is 6. The number of amides is 2. The molecule has 1 saturated carbocycles. The molecule has 1 aliphatic heterocycles. The fraction of sp³-hybridized carbons (Fsp3) is 0.476. The van der Waals surface area contributed by atoms with Gasteiger partial charge in [-0.3, -0.25) is 14.5 Å². The van der Waals surface area contributed by atoms with Crippen LogP contribution in [-0.2, 0) is 16.0 Å². The standard InChI is InChI=1S/C21H26N4O3/c1-13(2)25-12-22-19-18(25)10-17(21(27)24(19)11-14-7-8-14)20(26)23-15-5-4-6-16(9-15)28-3/h4-6,9,12-14,17H,7-8,10-11H2,1-3H3,(H,23,26)/t17-/m0/s1. The molecule has 7 heteroatoms. The second-order valence-corrected chi connectivity index (χ2v) is 7.89. The first kappa shape index (κ1) is 18.5. The Balaban J connectivity index is 1.61. The number of carbonyl (C=O) groups excluding carboxylic acids is 2. The molecule has 7 nitrogen and oxygen atoms in total. The second kappa shape index (κ2) is 7.30. The molecule has 1 fully saturated rings. The summed E-state index contributed by atoms with van der Waals surface area (Å²) < 4.78 is 7.27. The molecule has 2 aliphatic rings. The van der Waals surface area contributed by atoms with Crippen LogP contribution in [0.4, 0.5) is 11.5 Å². The molecular formula is C21H26N4O3. The molecule has 1 aromatic carbocycles. The molecule has 2 amide bonds. The Labute approximate surface area is 164 Å². The first-order valence-corrected chi connectivity index (χ1v) is 9.80. The van der Waals surface area contributed by atoms with Gasteiger partial charge in [0, 0.05) is 30.8 Å². The fourth-order valence-corrected chi connectivity index (χ4v) is 3.69. The number of anilines is 2. The lowest BCUT2D eigenvalue weighted by atomic mass is 9.95. The monoisotopic (exact) mass is 382 g/mol. The van der Waals surface area contributed by atoms with Gasteiger partial charge in [-0.25, -0.2) is 4.98 Å². The number of aromatic nitrogens is 2. The van der Waals surface area contributed by atoms with Gasteiger partial charge in [0.15, 0.2) is 5.82 Å². The van der Waals surface area contributed by atoms with Crippen LogP contribution in [-0.4, -0.2) is 35.0 Å². The lowest BCUT2D eigenvalue weighted by Crippen LogP contribution is -2.47. The maximum atomic E-state index is 13.2. The highest BCUT2D eigenvalue weighted by molar-refractivity contribution is 6.13. The number of hydrogen-bond donors (Lipinski definition) is 1. The Bertz CT molecular complexity index is 901. The average molecular weight is 382 g/mol. The van der Waals surface area contributed by atoms with Gasteiger partial charge in [-0.1, -0.05) is 6.07 Å². The van der Waals surface area contributed by atoms with Crippen molar-refractivity contribution in [3.05, 3.63) is 36.3 Å². The highest BCUT2D eigenvalue weighted by Crippen LogP contribution is 2.37. The summed E-state index contributed by atoms with van der Waals surface area (Å²) in [5.74, 6) is 0.683. The van der Waals surface area contributed by atoms with E-state index in [0.717, 1.165) is 24.4 Å². The van der Waals surface area contributed by atoms with E-state index in [4.69, 9.17) is 4.74 Å². The number of imidazole rings is 1. The molecule has 1 atom stereocenters. The molecule has 0 saturated heterocycles. The van der Waals surface area contributed by atoms with Gasteiger partial charge in [-0.05, 0) is 44.7 Å². The van der Waals surface area contributed by atoms with E-state index in [1.165, 1.54) is 0 Å². The van der Waals surface area contributed by atoms with Crippen molar-refractivity contribution in [3.63, 3.8) is 0 Å². The van der Waals surface area contributed by atoms with Gasteiger partial charge < -0.3 is 14.6 Å². The third kappa shape index (κ3) is 3.48. The van der Waals surface area contributed by atoms with Crippen molar-refractivity contribution >= 4 is 23.3 Å². The number of nitrogens with zero attached hydrogens (tertiary/aromatic N) is 3. The molecule has 2 aromatic rings. The van der Waals surface area contributed by atoms with E-state index in [-0.39, 0.29) is 17.9 Å². The van der Waals surface area contributed by atoms with Crippen LogP contribution >= 0.6 is 0 Å². The summed E-state index contributed by atoms with van der Waals surface area (Å²) in [5.41, 5.74) is 1.58. The van der Waals surface area contributed by atoms with E-state index < -0.39 is 5.92 Å². The van der Waals surface area contributed by atoms with Crippen molar-refractivity contribution in [1.82, 2.24) is 9.55 Å². The van der Waals surface area contributed by atoms with Crippen molar-refractivity contribution in [2.24, 2.45) is 11.8 Å². The first-order valence-electron chi connectivity index (χ1n) is 9.80. The highest BCUT2D eigenvalue weighted by atomic mass is 16.5. The zero-order chi connectivity index (χ0) is 19.8. The zero-order valence-electron chi connectivity index (χ0n) is 16.5. The molecule has 0 radical (unpaired) electrons. The molecule has 28 heavy (non-hydrogen) atoms. The summed E-state index contributed by atoms with van der Waals surface area (Å²) in [6.07, 6.45) is 4.41. The molecule has 1 N–H and O–H groups in total. The number of ether oxygens (including phenoxy) is 1. The summed E-state index contributed by atoms with van der Waals surface area (Å²) >= 11 is 0. The molecular weight excluding hydrogens is 356 g/mol. The molecule has 0 unspecified atom stereocenters. The van der Waals surface area contributed by atoms with E-state index in [2.05, 4.69) is 28.7 Å². The molecule has 148 valence electrons. The number of carbonyl (C=O) groups is 2. The minimum absolute atomic E-state index is 0.159. The van der Waals surface area contributed by atoms with E-state index in [9.17, 15) is 9.59 Å². The SMILES string of the molecule is COc1cccc(NC(=O)[C@@H]2Cc3c(ncn3C(C)C)N(CC3CC3)C2=O)c1. The number of hydrogen-bond acceptors (Lipinski definition) is 4. The highest BCUT2D eigenvalue weighted by Gasteiger charge is 2.42. The lowest BCUT2D eigenvalue weighted by molar-refractivity contribution is -0.131. The fourth-order valence-electron chi connectivity index (χ4n) is 3.69. The summed E-state index contributed by atoms with van der Waals surface area (Å²) in [6, 6.07) is 7.37. The average Bonchev–Trinajstić information content (AvgIpc) is 3.39. The van der Waals surface area contributed by atoms with Crippen molar-refractivity contribution < 1.29 is 14.3 Å². The maximum absolute atomic E-state index is 13.2. The lowest BCUT2D eigenvalue weighted by Gasteiger charge is -2.32. The Morgan fingerprint density at radius 2 is 2.14 bits per heavy atom. The van der Waals surface area contributed by atoms with E-state index >= 15 is 0 Å². The van der Waals surface area contributed by atoms with Gasteiger partial charge in [-0.15, -0.1) is 0 Å². The molecule has 4 rings (SSSR count). The molecule has 2 heterocycles. The van der Waals surface area contributed by atoms with Crippen LogP contribution in [0.5, 0.6) is 5.75 Å². The van der Waals surface area contributed by atoms with Gasteiger partial charge in [-0.2, -0.15) is 0 Å². The van der Waals surface area contributed by atoms with Gasteiger partial charge in [0.05, 0.1) is 19.1 Å². The van der Waals surface area contributed by atoms with Crippen LogP contribution in [0.15, 0.2) is 30.6 Å². The maximum Gasteiger partial charge on any atom is 0.241 e.